The van der Waals surface area contributed by atoms with Crippen LogP contribution in [-0.2, 0) is 14.3 Å². The second-order valence-electron chi connectivity index (χ2n) is 12.6. The van der Waals surface area contributed by atoms with Gasteiger partial charge in [-0.2, -0.15) is 0 Å². The van der Waals surface area contributed by atoms with Crippen molar-refractivity contribution >= 4 is 11.6 Å². The lowest BCUT2D eigenvalue weighted by Gasteiger charge is -2.62. The third-order valence-electron chi connectivity index (χ3n) is 10.7. The van der Waals surface area contributed by atoms with Crippen LogP contribution in [-0.4, -0.2) is 86.0 Å². The SMILES string of the molecule is CC1C[C@H]2[C@@H]3CCC4=CC(=O)C=C[C@]4(C)[C@@]3(F)C(O)C[C@]2(C)[C@H]1C(=O)CC1O[C@H](CO)[C@H](O)[C@H](O)[C@H]1O. The van der Waals surface area contributed by atoms with E-state index in [0.717, 1.165) is 0 Å². The number of aliphatic hydroxyl groups excluding tert-OH is 5. The second kappa shape index (κ2) is 9.03. The first-order chi connectivity index (χ1) is 17.3. The van der Waals surface area contributed by atoms with E-state index in [1.54, 1.807) is 13.0 Å². The fraction of sp³-hybridized carbons (Fsp3) is 0.786. The molecule has 1 aliphatic heterocycles. The highest BCUT2D eigenvalue weighted by Crippen LogP contribution is 2.69. The van der Waals surface area contributed by atoms with E-state index in [1.807, 2.05) is 13.8 Å². The number of fused-ring (bicyclic) bond motifs is 5. The van der Waals surface area contributed by atoms with Crippen molar-refractivity contribution in [3.05, 3.63) is 23.8 Å². The second-order valence-corrected chi connectivity index (χ2v) is 12.6. The summed E-state index contributed by atoms with van der Waals surface area (Å²) in [5.41, 5.74) is -3.03. The molecule has 0 bridgehead atoms. The molecule has 3 unspecified atom stereocenters. The maximum atomic E-state index is 17.2. The molecule has 5 N–H and O–H groups in total. The summed E-state index contributed by atoms with van der Waals surface area (Å²) in [5, 5.41) is 51.6. The summed E-state index contributed by atoms with van der Waals surface area (Å²) >= 11 is 0. The van der Waals surface area contributed by atoms with E-state index in [2.05, 4.69) is 0 Å². The minimum atomic E-state index is -1.96. The van der Waals surface area contributed by atoms with E-state index >= 15 is 4.39 Å². The number of ether oxygens (including phenoxy) is 1. The van der Waals surface area contributed by atoms with Crippen molar-refractivity contribution in [2.24, 2.45) is 34.5 Å². The smallest absolute Gasteiger partial charge is 0.178 e. The zero-order valence-corrected chi connectivity index (χ0v) is 21.6. The van der Waals surface area contributed by atoms with E-state index in [9.17, 15) is 35.1 Å². The highest BCUT2D eigenvalue weighted by atomic mass is 19.1. The van der Waals surface area contributed by atoms with E-state index < -0.39 is 71.6 Å². The van der Waals surface area contributed by atoms with Crippen LogP contribution in [0, 0.1) is 34.5 Å². The lowest BCUT2D eigenvalue weighted by molar-refractivity contribution is -0.230. The number of alkyl halides is 1. The summed E-state index contributed by atoms with van der Waals surface area (Å²) < 4.78 is 22.8. The van der Waals surface area contributed by atoms with Crippen molar-refractivity contribution in [2.75, 3.05) is 6.61 Å². The van der Waals surface area contributed by atoms with Gasteiger partial charge in [0.15, 0.2) is 11.5 Å². The Balaban J connectivity index is 1.42. The van der Waals surface area contributed by atoms with Gasteiger partial charge in [-0.15, -0.1) is 0 Å². The zero-order valence-electron chi connectivity index (χ0n) is 21.6. The van der Waals surface area contributed by atoms with Crippen molar-refractivity contribution < 1.29 is 44.2 Å². The predicted octanol–water partition coefficient (Wildman–Crippen LogP) is 1.02. The maximum absolute atomic E-state index is 17.2. The van der Waals surface area contributed by atoms with Gasteiger partial charge in [0.2, 0.25) is 0 Å². The fourth-order valence-corrected chi connectivity index (χ4v) is 8.94. The van der Waals surface area contributed by atoms with E-state index in [-0.39, 0.29) is 36.2 Å². The van der Waals surface area contributed by atoms with Crippen molar-refractivity contribution in [2.45, 2.75) is 95.2 Å². The van der Waals surface area contributed by atoms with Crippen LogP contribution in [0.3, 0.4) is 0 Å². The standard InChI is InChI=1S/C28H39FO8/c1-13-8-17-16-5-4-14-9-15(31)6-7-27(14,3)28(16,29)21(33)11-26(17,2)22(13)18(32)10-19-23(34)25(36)24(35)20(12-30)37-19/h6-7,9,13,16-17,19-25,30,33-36H,4-5,8,10-12H2,1-3H3/t13?,16-,17-,19?,20+,21?,22+,23-,24-,25+,26-,27-,28-/m0/s1. The van der Waals surface area contributed by atoms with E-state index in [4.69, 9.17) is 4.74 Å². The van der Waals surface area contributed by atoms with Crippen molar-refractivity contribution in [1.82, 2.24) is 0 Å². The number of rotatable bonds is 4. The highest BCUT2D eigenvalue weighted by molar-refractivity contribution is 6.01. The third-order valence-corrected chi connectivity index (χ3v) is 10.7. The molecule has 0 aromatic rings. The quantitative estimate of drug-likeness (QED) is 0.368. The number of hydrogen-bond acceptors (Lipinski definition) is 8. The highest BCUT2D eigenvalue weighted by Gasteiger charge is 2.71. The third kappa shape index (κ3) is 3.68. The Kier molecular flexibility index (Phi) is 6.61. The van der Waals surface area contributed by atoms with Gasteiger partial charge in [-0.25, -0.2) is 4.39 Å². The number of ketones is 2. The molecule has 37 heavy (non-hydrogen) atoms. The Labute approximate surface area is 216 Å². The minimum Gasteiger partial charge on any atom is -0.394 e. The molecule has 3 saturated carbocycles. The minimum absolute atomic E-state index is 0.0880. The predicted molar refractivity (Wildman–Crippen MR) is 130 cm³/mol. The first-order valence-electron chi connectivity index (χ1n) is 13.4. The van der Waals surface area contributed by atoms with Crippen LogP contribution in [0.2, 0.25) is 0 Å². The van der Waals surface area contributed by atoms with E-state index in [1.165, 1.54) is 12.2 Å². The first kappa shape index (κ1) is 27.1. The van der Waals surface area contributed by atoms with Crippen molar-refractivity contribution in [1.29, 1.82) is 0 Å². The van der Waals surface area contributed by atoms with Crippen LogP contribution in [0.5, 0.6) is 0 Å². The molecule has 8 nitrogen and oxygen atoms in total. The number of Topliss-reactive ketones (excluding diaryl/α,β-unsaturated/α-hetero) is 1. The summed E-state index contributed by atoms with van der Waals surface area (Å²) in [5.74, 6) is -1.64. The largest absolute Gasteiger partial charge is 0.394 e. The van der Waals surface area contributed by atoms with Gasteiger partial charge >= 0.3 is 0 Å². The summed E-state index contributed by atoms with van der Waals surface area (Å²) in [6.45, 7) is 5.10. The summed E-state index contributed by atoms with van der Waals surface area (Å²) in [6.07, 6.45) is -2.07. The van der Waals surface area contributed by atoms with Gasteiger partial charge in [0.05, 0.1) is 18.8 Å². The van der Waals surface area contributed by atoms with Crippen LogP contribution in [0.25, 0.3) is 0 Å². The topological polar surface area (TPSA) is 145 Å². The van der Waals surface area contributed by atoms with Crippen LogP contribution < -0.4 is 0 Å². The molecule has 13 atom stereocenters. The van der Waals surface area contributed by atoms with Gasteiger partial charge in [0.1, 0.15) is 30.2 Å². The molecule has 1 heterocycles. The molecule has 4 aliphatic carbocycles. The molecule has 9 heteroatoms. The van der Waals surface area contributed by atoms with Crippen molar-refractivity contribution in [3.63, 3.8) is 0 Å². The van der Waals surface area contributed by atoms with Gasteiger partial charge in [-0.05, 0) is 62.0 Å². The number of hydrogen-bond donors (Lipinski definition) is 5. The van der Waals surface area contributed by atoms with Crippen LogP contribution in [0.1, 0.15) is 52.9 Å². The molecular formula is C28H39FO8. The molecule has 0 amide bonds. The fourth-order valence-electron chi connectivity index (χ4n) is 8.94. The summed E-state index contributed by atoms with van der Waals surface area (Å²) in [6, 6.07) is 0. The Bertz CT molecular complexity index is 1030. The maximum Gasteiger partial charge on any atom is 0.178 e. The zero-order chi connectivity index (χ0) is 27.1. The number of halogens is 1. The van der Waals surface area contributed by atoms with Crippen LogP contribution in [0.15, 0.2) is 23.8 Å². The number of carbonyl (C=O) groups excluding carboxylic acids is 2. The van der Waals surface area contributed by atoms with Gasteiger partial charge in [0.25, 0.3) is 0 Å². The lowest BCUT2D eigenvalue weighted by atomic mass is 9.45. The Morgan fingerprint density at radius 1 is 1.11 bits per heavy atom. The summed E-state index contributed by atoms with van der Waals surface area (Å²) in [4.78, 5) is 25.8. The Morgan fingerprint density at radius 2 is 1.78 bits per heavy atom. The van der Waals surface area contributed by atoms with Gasteiger partial charge in [-0.1, -0.05) is 25.5 Å². The molecule has 0 spiro atoms. The normalized spacial score (nSPS) is 53.2. The molecule has 4 fully saturated rings. The molecule has 0 aromatic carbocycles. The number of carbonyl (C=O) groups is 2. The Morgan fingerprint density at radius 3 is 2.46 bits per heavy atom. The number of allylic oxidation sites excluding steroid dienone is 4. The van der Waals surface area contributed by atoms with Gasteiger partial charge < -0.3 is 30.3 Å². The first-order valence-corrected chi connectivity index (χ1v) is 13.4. The average molecular weight is 523 g/mol. The van der Waals surface area contributed by atoms with Crippen LogP contribution >= 0.6 is 0 Å². The molecule has 0 aromatic heterocycles. The average Bonchev–Trinajstić information content (AvgIpc) is 3.10. The summed E-state index contributed by atoms with van der Waals surface area (Å²) in [7, 11) is 0. The van der Waals surface area contributed by atoms with Crippen molar-refractivity contribution in [3.8, 4) is 0 Å². The van der Waals surface area contributed by atoms with E-state index in [0.29, 0.717) is 24.8 Å². The van der Waals surface area contributed by atoms with Crippen LogP contribution in [0.4, 0.5) is 4.39 Å². The Hall–Kier alpha value is -1.49. The molecule has 1 saturated heterocycles. The molecule has 5 aliphatic rings. The molecular weight excluding hydrogens is 483 g/mol. The van der Waals surface area contributed by atoms with Gasteiger partial charge in [-0.3, -0.25) is 9.59 Å². The number of aliphatic hydroxyl groups is 5. The monoisotopic (exact) mass is 522 g/mol. The van der Waals surface area contributed by atoms with Gasteiger partial charge in [0, 0.05) is 23.7 Å². The molecule has 0 radical (unpaired) electrons. The lowest BCUT2D eigenvalue weighted by Crippen LogP contribution is -2.66. The molecule has 5 rings (SSSR count). The molecule has 206 valence electrons.